The molecular weight excluding hydrogens is 344 g/mol. The van der Waals surface area contributed by atoms with E-state index in [9.17, 15) is 14.4 Å². The lowest BCUT2D eigenvalue weighted by Gasteiger charge is -2.31. The Labute approximate surface area is 159 Å². The van der Waals surface area contributed by atoms with Crippen LogP contribution < -0.4 is 5.32 Å². The molecule has 0 bridgehead atoms. The van der Waals surface area contributed by atoms with Crippen LogP contribution >= 0.6 is 0 Å². The molecule has 0 aromatic heterocycles. The van der Waals surface area contributed by atoms with E-state index in [-0.39, 0.29) is 36.2 Å². The molecule has 0 saturated carbocycles. The van der Waals surface area contributed by atoms with Gasteiger partial charge in [0.05, 0.1) is 5.92 Å². The summed E-state index contributed by atoms with van der Waals surface area (Å²) in [4.78, 5) is 38.3. The fourth-order valence-corrected chi connectivity index (χ4v) is 3.51. The van der Waals surface area contributed by atoms with Crippen molar-refractivity contribution in [2.24, 2.45) is 11.8 Å². The lowest BCUT2D eigenvalue weighted by atomic mass is 9.95. The number of benzene rings is 1. The number of para-hydroxylation sites is 1. The maximum atomic E-state index is 12.3. The van der Waals surface area contributed by atoms with E-state index in [1.165, 1.54) is 0 Å². The van der Waals surface area contributed by atoms with Crippen LogP contribution in [-0.4, -0.2) is 42.4 Å². The quantitative estimate of drug-likeness (QED) is 0.639. The fraction of sp³-hybridized carbons (Fsp3) is 0.476. The number of hydrogen-bond acceptors (Lipinski definition) is 4. The van der Waals surface area contributed by atoms with Gasteiger partial charge in [0.25, 0.3) is 5.91 Å². The molecule has 1 aromatic carbocycles. The minimum Gasteiger partial charge on any atom is -0.455 e. The number of carbonyl (C=O) groups is 3. The summed E-state index contributed by atoms with van der Waals surface area (Å²) in [5.41, 5.74) is 0.783. The molecule has 27 heavy (non-hydrogen) atoms. The molecule has 2 aliphatic rings. The summed E-state index contributed by atoms with van der Waals surface area (Å²) in [6.07, 6.45) is 7.64. The number of hydrogen-bond donors (Lipinski definition) is 1. The molecule has 0 spiro atoms. The topological polar surface area (TPSA) is 75.7 Å². The van der Waals surface area contributed by atoms with E-state index in [2.05, 4.69) is 11.4 Å². The van der Waals surface area contributed by atoms with Gasteiger partial charge < -0.3 is 15.0 Å². The number of likely N-dealkylation sites (tertiary alicyclic amines) is 1. The zero-order chi connectivity index (χ0) is 19.1. The SMILES string of the molecule is O=C(Nc1ccccc1)C1CCN(C(=O)COC(=O)C2CC=CCC2)CC1. The molecule has 1 heterocycles. The van der Waals surface area contributed by atoms with Crippen molar-refractivity contribution in [2.75, 3.05) is 25.0 Å². The Morgan fingerprint density at radius 3 is 2.41 bits per heavy atom. The summed E-state index contributed by atoms with van der Waals surface area (Å²) < 4.78 is 5.21. The molecule has 1 aliphatic carbocycles. The fourth-order valence-electron chi connectivity index (χ4n) is 3.51. The number of piperidine rings is 1. The number of ether oxygens (including phenoxy) is 1. The summed E-state index contributed by atoms with van der Waals surface area (Å²) in [6.45, 7) is 0.810. The van der Waals surface area contributed by atoms with Crippen molar-refractivity contribution in [1.82, 2.24) is 4.90 Å². The Hall–Kier alpha value is -2.63. The van der Waals surface area contributed by atoms with Crippen LogP contribution in [-0.2, 0) is 19.1 Å². The number of amides is 2. The molecule has 6 heteroatoms. The smallest absolute Gasteiger partial charge is 0.309 e. The van der Waals surface area contributed by atoms with Gasteiger partial charge in [-0.1, -0.05) is 30.4 Å². The van der Waals surface area contributed by atoms with Gasteiger partial charge in [-0.05, 0) is 44.2 Å². The van der Waals surface area contributed by atoms with E-state index >= 15 is 0 Å². The molecule has 144 valence electrons. The van der Waals surface area contributed by atoms with Crippen molar-refractivity contribution in [1.29, 1.82) is 0 Å². The van der Waals surface area contributed by atoms with Crippen LogP contribution in [0.1, 0.15) is 32.1 Å². The first-order chi connectivity index (χ1) is 13.1. The highest BCUT2D eigenvalue weighted by atomic mass is 16.5. The third kappa shape index (κ3) is 5.42. The zero-order valence-corrected chi connectivity index (χ0v) is 15.4. The van der Waals surface area contributed by atoms with E-state index < -0.39 is 0 Å². The number of carbonyl (C=O) groups excluding carboxylic acids is 3. The molecule has 6 nitrogen and oxygen atoms in total. The minimum atomic E-state index is -0.287. The predicted octanol–water partition coefficient (Wildman–Crippen LogP) is 2.76. The van der Waals surface area contributed by atoms with Crippen molar-refractivity contribution >= 4 is 23.5 Å². The van der Waals surface area contributed by atoms with Crippen LogP contribution in [0, 0.1) is 11.8 Å². The maximum Gasteiger partial charge on any atom is 0.309 e. The third-order valence-electron chi connectivity index (χ3n) is 5.20. The van der Waals surface area contributed by atoms with E-state index in [1.54, 1.807) is 4.90 Å². The number of anilines is 1. The number of nitrogens with one attached hydrogen (secondary N) is 1. The molecule has 1 saturated heterocycles. The van der Waals surface area contributed by atoms with Gasteiger partial charge in [0.2, 0.25) is 5.91 Å². The van der Waals surface area contributed by atoms with Gasteiger partial charge in [-0.3, -0.25) is 14.4 Å². The Kier molecular flexibility index (Phi) is 6.63. The van der Waals surface area contributed by atoms with E-state index in [0.29, 0.717) is 32.4 Å². The molecule has 1 fully saturated rings. The maximum absolute atomic E-state index is 12.3. The largest absolute Gasteiger partial charge is 0.455 e. The van der Waals surface area contributed by atoms with Gasteiger partial charge in [-0.2, -0.15) is 0 Å². The second-order valence-corrected chi connectivity index (χ2v) is 7.10. The second-order valence-electron chi connectivity index (χ2n) is 7.10. The van der Waals surface area contributed by atoms with Gasteiger partial charge >= 0.3 is 5.97 Å². The van der Waals surface area contributed by atoms with Crippen molar-refractivity contribution in [3.05, 3.63) is 42.5 Å². The Bertz CT molecular complexity index is 693. The monoisotopic (exact) mass is 370 g/mol. The summed E-state index contributed by atoms with van der Waals surface area (Å²) >= 11 is 0. The molecule has 2 amide bonds. The molecule has 1 N–H and O–H groups in total. The van der Waals surface area contributed by atoms with E-state index in [0.717, 1.165) is 18.5 Å². The molecule has 1 unspecified atom stereocenters. The third-order valence-corrected chi connectivity index (χ3v) is 5.20. The standard InChI is InChI=1S/C21H26N2O4/c24-19(15-27-21(26)17-7-3-1-4-8-17)23-13-11-16(12-14-23)20(25)22-18-9-5-2-6-10-18/h1-3,5-6,9-10,16-17H,4,7-8,11-15H2,(H,22,25). The van der Waals surface area contributed by atoms with Crippen molar-refractivity contribution < 1.29 is 19.1 Å². The van der Waals surface area contributed by atoms with Gasteiger partial charge in [0.1, 0.15) is 0 Å². The lowest BCUT2D eigenvalue weighted by molar-refractivity contribution is -0.156. The molecular formula is C21H26N2O4. The highest BCUT2D eigenvalue weighted by molar-refractivity contribution is 5.92. The first-order valence-electron chi connectivity index (χ1n) is 9.59. The number of esters is 1. The zero-order valence-electron chi connectivity index (χ0n) is 15.4. The predicted molar refractivity (Wildman–Crippen MR) is 102 cm³/mol. The Morgan fingerprint density at radius 2 is 1.74 bits per heavy atom. The summed E-state index contributed by atoms with van der Waals surface area (Å²) in [7, 11) is 0. The van der Waals surface area contributed by atoms with Crippen LogP contribution in [0.5, 0.6) is 0 Å². The first kappa shape index (κ1) is 19.1. The van der Waals surface area contributed by atoms with Gasteiger partial charge in [-0.15, -0.1) is 0 Å². The number of allylic oxidation sites excluding steroid dienone is 2. The average Bonchev–Trinajstić information content (AvgIpc) is 2.73. The van der Waals surface area contributed by atoms with Gasteiger partial charge in [0, 0.05) is 24.7 Å². The van der Waals surface area contributed by atoms with Gasteiger partial charge in [0.15, 0.2) is 6.61 Å². The molecule has 1 atom stereocenters. The molecule has 1 aliphatic heterocycles. The highest BCUT2D eigenvalue weighted by Gasteiger charge is 2.28. The first-order valence-corrected chi connectivity index (χ1v) is 9.59. The van der Waals surface area contributed by atoms with Crippen molar-refractivity contribution in [3.63, 3.8) is 0 Å². The summed E-state index contributed by atoms with van der Waals surface area (Å²) in [5.74, 6) is -0.715. The molecule has 0 radical (unpaired) electrons. The minimum absolute atomic E-state index is 0.00919. The van der Waals surface area contributed by atoms with Gasteiger partial charge in [-0.25, -0.2) is 0 Å². The molecule has 1 aromatic rings. The Morgan fingerprint density at radius 1 is 1.00 bits per heavy atom. The van der Waals surface area contributed by atoms with Crippen LogP contribution in [0.4, 0.5) is 5.69 Å². The summed E-state index contributed by atoms with van der Waals surface area (Å²) in [5, 5.41) is 2.91. The lowest BCUT2D eigenvalue weighted by Crippen LogP contribution is -2.43. The van der Waals surface area contributed by atoms with Crippen LogP contribution in [0.15, 0.2) is 42.5 Å². The average molecular weight is 370 g/mol. The Balaban J connectivity index is 1.39. The summed E-state index contributed by atoms with van der Waals surface area (Å²) in [6, 6.07) is 9.36. The number of rotatable bonds is 5. The van der Waals surface area contributed by atoms with E-state index in [1.807, 2.05) is 36.4 Å². The highest BCUT2D eigenvalue weighted by Crippen LogP contribution is 2.21. The van der Waals surface area contributed by atoms with E-state index in [4.69, 9.17) is 4.74 Å². The van der Waals surface area contributed by atoms with Crippen LogP contribution in [0.25, 0.3) is 0 Å². The van der Waals surface area contributed by atoms with Crippen LogP contribution in [0.2, 0.25) is 0 Å². The second kappa shape index (κ2) is 9.35. The van der Waals surface area contributed by atoms with Crippen molar-refractivity contribution in [3.8, 4) is 0 Å². The molecule has 3 rings (SSSR count). The normalized spacial score (nSPS) is 20.1. The van der Waals surface area contributed by atoms with Crippen molar-refractivity contribution in [2.45, 2.75) is 32.1 Å². The number of nitrogens with zero attached hydrogens (tertiary/aromatic N) is 1. The van der Waals surface area contributed by atoms with Crippen LogP contribution in [0.3, 0.4) is 0 Å².